The summed E-state index contributed by atoms with van der Waals surface area (Å²) < 4.78 is 26.7. The number of nitro benzene ring substituents is 1. The molecule has 0 aromatic heterocycles. The third-order valence-electron chi connectivity index (χ3n) is 3.65. The van der Waals surface area contributed by atoms with Crippen molar-refractivity contribution in [2.45, 2.75) is 24.8 Å². The molecule has 0 unspecified atom stereocenters. The zero-order chi connectivity index (χ0) is 15.6. The van der Waals surface area contributed by atoms with E-state index in [1.807, 2.05) is 13.8 Å². The average molecular weight is 313 g/mol. The minimum Gasteiger partial charge on any atom is -0.311 e. The maximum Gasteiger partial charge on any atom is 0.289 e. The van der Waals surface area contributed by atoms with E-state index in [1.165, 1.54) is 28.6 Å². The molecule has 1 N–H and O–H groups in total. The first-order valence-electron chi connectivity index (χ1n) is 6.81. The first kappa shape index (κ1) is 15.9. The van der Waals surface area contributed by atoms with Gasteiger partial charge in [0, 0.05) is 31.7 Å². The lowest BCUT2D eigenvalue weighted by atomic mass is 10.0. The van der Waals surface area contributed by atoms with Crippen LogP contribution in [0, 0.1) is 16.0 Å². The van der Waals surface area contributed by atoms with Crippen LogP contribution in [0.15, 0.2) is 29.2 Å². The van der Waals surface area contributed by atoms with Gasteiger partial charge in [-0.1, -0.05) is 26.0 Å². The van der Waals surface area contributed by atoms with Crippen molar-refractivity contribution in [1.82, 2.24) is 9.62 Å². The van der Waals surface area contributed by atoms with Gasteiger partial charge in [-0.3, -0.25) is 10.1 Å². The molecule has 1 aliphatic heterocycles. The van der Waals surface area contributed by atoms with Crippen LogP contribution in [-0.2, 0) is 10.0 Å². The minimum atomic E-state index is -3.85. The smallest absolute Gasteiger partial charge is 0.289 e. The Kier molecular flexibility index (Phi) is 4.60. The zero-order valence-electron chi connectivity index (χ0n) is 12.0. The van der Waals surface area contributed by atoms with Gasteiger partial charge in [-0.25, -0.2) is 8.42 Å². The highest BCUT2D eigenvalue weighted by molar-refractivity contribution is 7.89. The molecule has 0 aliphatic carbocycles. The van der Waals surface area contributed by atoms with E-state index < -0.39 is 14.9 Å². The van der Waals surface area contributed by atoms with E-state index >= 15 is 0 Å². The Labute approximate surface area is 124 Å². The molecule has 7 nitrogen and oxygen atoms in total. The molecule has 21 heavy (non-hydrogen) atoms. The van der Waals surface area contributed by atoms with Crippen molar-refractivity contribution in [3.8, 4) is 0 Å². The molecule has 0 saturated carbocycles. The maximum atomic E-state index is 12.7. The second-order valence-electron chi connectivity index (χ2n) is 5.39. The van der Waals surface area contributed by atoms with Crippen molar-refractivity contribution >= 4 is 15.7 Å². The number of nitrogens with one attached hydrogen (secondary N) is 1. The van der Waals surface area contributed by atoms with Crippen molar-refractivity contribution in [3.05, 3.63) is 34.4 Å². The summed E-state index contributed by atoms with van der Waals surface area (Å²) in [6.07, 6.45) is 0. The summed E-state index contributed by atoms with van der Waals surface area (Å²) in [6, 6.07) is 5.53. The van der Waals surface area contributed by atoms with Gasteiger partial charge in [0.15, 0.2) is 4.90 Å². The van der Waals surface area contributed by atoms with Crippen molar-refractivity contribution < 1.29 is 13.3 Å². The van der Waals surface area contributed by atoms with E-state index in [1.54, 1.807) is 0 Å². The van der Waals surface area contributed by atoms with Gasteiger partial charge in [0.05, 0.1) is 4.92 Å². The van der Waals surface area contributed by atoms with Crippen LogP contribution in [0.2, 0.25) is 0 Å². The summed E-state index contributed by atoms with van der Waals surface area (Å²) in [5, 5.41) is 14.3. The Bertz CT molecular complexity index is 630. The van der Waals surface area contributed by atoms with Crippen molar-refractivity contribution in [2.75, 3.05) is 19.6 Å². The van der Waals surface area contributed by atoms with E-state index in [0.717, 1.165) is 0 Å². The summed E-state index contributed by atoms with van der Waals surface area (Å²) in [7, 11) is -3.85. The fourth-order valence-corrected chi connectivity index (χ4v) is 4.00. The SMILES string of the molecule is CC(C)[C@H]1CN(S(=O)(=O)c2ccccc2[N+](=O)[O-])CCN1. The van der Waals surface area contributed by atoms with Gasteiger partial charge in [-0.2, -0.15) is 4.31 Å². The highest BCUT2D eigenvalue weighted by atomic mass is 32.2. The van der Waals surface area contributed by atoms with E-state index in [4.69, 9.17) is 0 Å². The molecule has 1 aromatic carbocycles. The summed E-state index contributed by atoms with van der Waals surface area (Å²) in [4.78, 5) is 10.1. The van der Waals surface area contributed by atoms with Crippen molar-refractivity contribution in [2.24, 2.45) is 5.92 Å². The summed E-state index contributed by atoms with van der Waals surface area (Å²) >= 11 is 0. The summed E-state index contributed by atoms with van der Waals surface area (Å²) in [5.74, 6) is 0.286. The fourth-order valence-electron chi connectivity index (χ4n) is 2.38. The molecular formula is C13H19N3O4S. The minimum absolute atomic E-state index is 0.0521. The maximum absolute atomic E-state index is 12.7. The number of piperazine rings is 1. The lowest BCUT2D eigenvalue weighted by Gasteiger charge is -2.34. The number of benzene rings is 1. The standard InChI is InChI=1S/C13H19N3O4S/c1-10(2)11-9-15(8-7-14-11)21(19,20)13-6-4-3-5-12(13)16(17)18/h3-6,10-11,14H,7-9H2,1-2H3/t11-/m1/s1. The largest absolute Gasteiger partial charge is 0.311 e. The predicted octanol–water partition coefficient (Wildman–Crippen LogP) is 1.21. The molecular weight excluding hydrogens is 294 g/mol. The molecule has 1 aromatic rings. The number of hydrogen-bond donors (Lipinski definition) is 1. The first-order chi connectivity index (χ1) is 9.84. The number of nitrogens with zero attached hydrogens (tertiary/aromatic N) is 2. The van der Waals surface area contributed by atoms with Crippen LogP contribution in [-0.4, -0.2) is 43.3 Å². The lowest BCUT2D eigenvalue weighted by molar-refractivity contribution is -0.387. The molecule has 2 rings (SSSR count). The first-order valence-corrected chi connectivity index (χ1v) is 8.25. The van der Waals surface area contributed by atoms with Crippen LogP contribution < -0.4 is 5.32 Å². The summed E-state index contributed by atoms with van der Waals surface area (Å²) in [6.45, 7) is 5.21. The quantitative estimate of drug-likeness (QED) is 0.666. The van der Waals surface area contributed by atoms with E-state index in [2.05, 4.69) is 5.32 Å². The molecule has 0 amide bonds. The van der Waals surface area contributed by atoms with Gasteiger partial charge >= 0.3 is 0 Å². The molecule has 0 radical (unpaired) electrons. The molecule has 1 aliphatic rings. The Balaban J connectivity index is 2.36. The monoisotopic (exact) mass is 313 g/mol. The number of nitro groups is 1. The second kappa shape index (κ2) is 6.08. The highest BCUT2D eigenvalue weighted by Gasteiger charge is 2.35. The Morgan fingerprint density at radius 1 is 1.38 bits per heavy atom. The van der Waals surface area contributed by atoms with E-state index in [9.17, 15) is 18.5 Å². The molecule has 1 fully saturated rings. The number of rotatable bonds is 4. The Morgan fingerprint density at radius 3 is 2.67 bits per heavy atom. The number of hydrogen-bond acceptors (Lipinski definition) is 5. The molecule has 1 saturated heterocycles. The number of sulfonamides is 1. The van der Waals surface area contributed by atoms with Crippen LogP contribution in [0.4, 0.5) is 5.69 Å². The zero-order valence-corrected chi connectivity index (χ0v) is 12.8. The number of para-hydroxylation sites is 1. The predicted molar refractivity (Wildman–Crippen MR) is 78.5 cm³/mol. The van der Waals surface area contributed by atoms with Crippen LogP contribution in [0.1, 0.15) is 13.8 Å². The van der Waals surface area contributed by atoms with Gasteiger partial charge in [-0.15, -0.1) is 0 Å². The van der Waals surface area contributed by atoms with Crippen LogP contribution in [0.5, 0.6) is 0 Å². The van der Waals surface area contributed by atoms with Gasteiger partial charge < -0.3 is 5.32 Å². The van der Waals surface area contributed by atoms with Gasteiger partial charge in [0.2, 0.25) is 10.0 Å². The Hall–Kier alpha value is -1.51. The van der Waals surface area contributed by atoms with Gasteiger partial charge in [0.25, 0.3) is 5.69 Å². The average Bonchev–Trinajstić information content (AvgIpc) is 2.47. The lowest BCUT2D eigenvalue weighted by Crippen LogP contribution is -2.54. The van der Waals surface area contributed by atoms with E-state index in [0.29, 0.717) is 19.6 Å². The van der Waals surface area contributed by atoms with Crippen molar-refractivity contribution in [1.29, 1.82) is 0 Å². The Morgan fingerprint density at radius 2 is 2.05 bits per heavy atom. The third-order valence-corrected chi connectivity index (χ3v) is 5.57. The topological polar surface area (TPSA) is 92.5 Å². The van der Waals surface area contributed by atoms with Crippen molar-refractivity contribution in [3.63, 3.8) is 0 Å². The van der Waals surface area contributed by atoms with Crippen LogP contribution in [0.25, 0.3) is 0 Å². The highest BCUT2D eigenvalue weighted by Crippen LogP contribution is 2.27. The fraction of sp³-hybridized carbons (Fsp3) is 0.538. The normalized spacial score (nSPS) is 20.6. The molecule has 0 bridgehead atoms. The molecule has 1 atom stereocenters. The molecule has 0 spiro atoms. The van der Waals surface area contributed by atoms with Crippen LogP contribution in [0.3, 0.4) is 0 Å². The summed E-state index contributed by atoms with van der Waals surface area (Å²) in [5.41, 5.74) is -0.378. The third kappa shape index (κ3) is 3.22. The molecule has 8 heteroatoms. The van der Waals surface area contributed by atoms with E-state index in [-0.39, 0.29) is 22.5 Å². The molecule has 116 valence electrons. The van der Waals surface area contributed by atoms with Gasteiger partial charge in [0.1, 0.15) is 0 Å². The van der Waals surface area contributed by atoms with Crippen LogP contribution >= 0.6 is 0 Å². The van der Waals surface area contributed by atoms with Gasteiger partial charge in [-0.05, 0) is 12.0 Å². The molecule has 1 heterocycles. The second-order valence-corrected chi connectivity index (χ2v) is 7.30.